The third kappa shape index (κ3) is 3.23. The lowest BCUT2D eigenvalue weighted by molar-refractivity contribution is -0.659. The van der Waals surface area contributed by atoms with Gasteiger partial charge in [0, 0.05) is 24.2 Å². The van der Waals surface area contributed by atoms with Crippen molar-refractivity contribution in [2.45, 2.75) is 51.7 Å². The molecule has 1 aromatic carbocycles. The van der Waals surface area contributed by atoms with Crippen LogP contribution in [0.15, 0.2) is 42.0 Å². The highest BCUT2D eigenvalue weighted by molar-refractivity contribution is 5.76. The van der Waals surface area contributed by atoms with Crippen molar-refractivity contribution >= 4 is 5.97 Å². The Hall–Kier alpha value is -1.65. The quantitative estimate of drug-likeness (QED) is 0.474. The van der Waals surface area contributed by atoms with E-state index in [4.69, 9.17) is 4.74 Å². The van der Waals surface area contributed by atoms with Gasteiger partial charge in [-0.05, 0) is 24.3 Å². The van der Waals surface area contributed by atoms with Gasteiger partial charge in [0.25, 0.3) is 0 Å². The van der Waals surface area contributed by atoms with Crippen molar-refractivity contribution in [2.75, 3.05) is 13.1 Å². The summed E-state index contributed by atoms with van der Waals surface area (Å²) in [6.45, 7) is 6.09. The number of fused-ring (bicyclic) bond motifs is 2. The number of hydrogen-bond acceptors (Lipinski definition) is 3. The monoisotopic (exact) mass is 370 g/mol. The molecule has 2 aliphatic carbocycles. The standard InChI is InChI=1S/C23H31NO3/c1-15-7-6-10-17-13-19-20(21(25)23(15,17)2)18(22(26)27-19)14-24-12-11-16-8-4-3-5-9-16/h3-5,8-10,15,18-21,24-25H,6-7,11-14H2,1-2H3/p+1/t15-,18-,19+,20+,21-,23+/m0/s1. The summed E-state index contributed by atoms with van der Waals surface area (Å²) in [5.74, 6) is 0.0452. The Morgan fingerprint density at radius 3 is 2.85 bits per heavy atom. The minimum Gasteiger partial charge on any atom is -0.461 e. The second kappa shape index (κ2) is 7.40. The molecule has 1 saturated carbocycles. The Bertz CT molecular complexity index is 716. The maximum atomic E-state index is 12.6. The zero-order chi connectivity index (χ0) is 19.0. The molecule has 0 spiro atoms. The van der Waals surface area contributed by atoms with Gasteiger partial charge in [-0.1, -0.05) is 55.8 Å². The molecular formula is C23H32NO3+. The second-order valence-corrected chi connectivity index (χ2v) is 8.85. The van der Waals surface area contributed by atoms with E-state index >= 15 is 0 Å². The summed E-state index contributed by atoms with van der Waals surface area (Å²) >= 11 is 0. The molecule has 4 nitrogen and oxygen atoms in total. The van der Waals surface area contributed by atoms with Crippen molar-refractivity contribution in [1.29, 1.82) is 0 Å². The molecule has 0 unspecified atom stereocenters. The van der Waals surface area contributed by atoms with E-state index in [1.807, 2.05) is 6.07 Å². The van der Waals surface area contributed by atoms with Gasteiger partial charge in [-0.3, -0.25) is 4.79 Å². The second-order valence-electron chi connectivity index (χ2n) is 8.85. The molecule has 3 aliphatic rings. The molecule has 27 heavy (non-hydrogen) atoms. The van der Waals surface area contributed by atoms with Gasteiger partial charge >= 0.3 is 5.97 Å². The molecular weight excluding hydrogens is 338 g/mol. The molecule has 1 saturated heterocycles. The van der Waals surface area contributed by atoms with Gasteiger partial charge in [-0.2, -0.15) is 0 Å². The van der Waals surface area contributed by atoms with E-state index in [9.17, 15) is 9.90 Å². The Kier molecular flexibility index (Phi) is 5.13. The Morgan fingerprint density at radius 1 is 1.30 bits per heavy atom. The molecule has 0 bridgehead atoms. The van der Waals surface area contributed by atoms with Crippen LogP contribution in [0, 0.1) is 23.2 Å². The van der Waals surface area contributed by atoms with Gasteiger partial charge in [0.1, 0.15) is 12.0 Å². The fourth-order valence-corrected chi connectivity index (χ4v) is 5.54. The summed E-state index contributed by atoms with van der Waals surface area (Å²) in [6, 6.07) is 10.4. The topological polar surface area (TPSA) is 63.1 Å². The van der Waals surface area contributed by atoms with Crippen molar-refractivity contribution in [3.8, 4) is 0 Å². The SMILES string of the molecule is C[C@H]1CCC=C2C[C@H]3OC(=O)[C@@H](C[NH2+]CCc4ccccc4)[C@H]3[C@H](O)[C@@]21C. The summed E-state index contributed by atoms with van der Waals surface area (Å²) in [4.78, 5) is 12.6. The number of allylic oxidation sites excluding steroid dienone is 1. The molecule has 1 aromatic rings. The summed E-state index contributed by atoms with van der Waals surface area (Å²) in [6.07, 6.45) is 5.60. The van der Waals surface area contributed by atoms with Crippen molar-refractivity contribution in [1.82, 2.24) is 0 Å². The van der Waals surface area contributed by atoms with E-state index in [1.54, 1.807) is 0 Å². The van der Waals surface area contributed by atoms with Crippen LogP contribution in [0.4, 0.5) is 0 Å². The number of nitrogens with two attached hydrogens (primary N) is 1. The van der Waals surface area contributed by atoms with Gasteiger partial charge in [0.15, 0.2) is 0 Å². The Morgan fingerprint density at radius 2 is 2.07 bits per heavy atom. The number of aliphatic hydroxyl groups is 1. The molecule has 1 aliphatic heterocycles. The van der Waals surface area contributed by atoms with Crippen LogP contribution < -0.4 is 5.32 Å². The van der Waals surface area contributed by atoms with E-state index in [1.165, 1.54) is 11.1 Å². The lowest BCUT2D eigenvalue weighted by atomic mass is 9.55. The average molecular weight is 371 g/mol. The zero-order valence-electron chi connectivity index (χ0n) is 16.4. The van der Waals surface area contributed by atoms with Crippen LogP contribution in [0.5, 0.6) is 0 Å². The maximum absolute atomic E-state index is 12.6. The van der Waals surface area contributed by atoms with Gasteiger partial charge in [0.2, 0.25) is 0 Å². The molecule has 2 fully saturated rings. The smallest absolute Gasteiger partial charge is 0.315 e. The lowest BCUT2D eigenvalue weighted by Crippen LogP contribution is -2.86. The summed E-state index contributed by atoms with van der Waals surface area (Å²) in [5, 5.41) is 13.6. The summed E-state index contributed by atoms with van der Waals surface area (Å²) in [5.41, 5.74) is 2.41. The normalized spacial score (nSPS) is 38.0. The number of hydrogen-bond donors (Lipinski definition) is 2. The van der Waals surface area contributed by atoms with Crippen LogP contribution in [0.3, 0.4) is 0 Å². The maximum Gasteiger partial charge on any atom is 0.315 e. The van der Waals surface area contributed by atoms with Gasteiger partial charge in [-0.15, -0.1) is 0 Å². The van der Waals surface area contributed by atoms with Crippen molar-refractivity contribution in [3.63, 3.8) is 0 Å². The number of esters is 1. The fourth-order valence-electron chi connectivity index (χ4n) is 5.54. The molecule has 6 atom stereocenters. The van der Waals surface area contributed by atoms with E-state index < -0.39 is 6.10 Å². The van der Waals surface area contributed by atoms with Crippen molar-refractivity contribution in [2.24, 2.45) is 23.2 Å². The van der Waals surface area contributed by atoms with E-state index in [0.29, 0.717) is 12.5 Å². The predicted octanol–water partition coefficient (Wildman–Crippen LogP) is 2.08. The third-order valence-corrected chi connectivity index (χ3v) is 7.47. The van der Waals surface area contributed by atoms with Crippen molar-refractivity contribution < 1.29 is 20.0 Å². The first-order valence-corrected chi connectivity index (χ1v) is 10.5. The number of carbonyl (C=O) groups excluding carboxylic acids is 1. The first-order valence-electron chi connectivity index (χ1n) is 10.5. The molecule has 0 amide bonds. The predicted molar refractivity (Wildman–Crippen MR) is 104 cm³/mol. The minimum absolute atomic E-state index is 0.0758. The summed E-state index contributed by atoms with van der Waals surface area (Å²) in [7, 11) is 0. The fraction of sp³-hybridized carbons (Fsp3) is 0.609. The first-order chi connectivity index (χ1) is 13.0. The van der Waals surface area contributed by atoms with E-state index in [0.717, 1.165) is 32.2 Å². The van der Waals surface area contributed by atoms with Crippen LogP contribution in [-0.2, 0) is 16.0 Å². The molecule has 1 heterocycles. The van der Waals surface area contributed by atoms with Crippen LogP contribution >= 0.6 is 0 Å². The third-order valence-electron chi connectivity index (χ3n) is 7.47. The Balaban J connectivity index is 1.43. The number of benzene rings is 1. The van der Waals surface area contributed by atoms with Gasteiger partial charge in [-0.25, -0.2) is 0 Å². The van der Waals surface area contributed by atoms with Gasteiger partial charge < -0.3 is 15.2 Å². The highest BCUT2D eigenvalue weighted by Gasteiger charge is 2.60. The zero-order valence-corrected chi connectivity index (χ0v) is 16.4. The van der Waals surface area contributed by atoms with Crippen LogP contribution in [0.2, 0.25) is 0 Å². The molecule has 3 N–H and O–H groups in total. The highest BCUT2D eigenvalue weighted by Crippen LogP contribution is 2.55. The molecule has 4 heteroatoms. The highest BCUT2D eigenvalue weighted by atomic mass is 16.6. The number of ether oxygens (including phenoxy) is 1. The largest absolute Gasteiger partial charge is 0.461 e. The van der Waals surface area contributed by atoms with Crippen LogP contribution in [-0.4, -0.2) is 36.4 Å². The lowest BCUT2D eigenvalue weighted by Gasteiger charge is -2.51. The number of carbonyl (C=O) groups is 1. The van der Waals surface area contributed by atoms with Gasteiger partial charge in [0.05, 0.1) is 19.2 Å². The van der Waals surface area contributed by atoms with E-state index in [-0.39, 0.29) is 29.3 Å². The molecule has 4 rings (SSSR count). The van der Waals surface area contributed by atoms with E-state index in [2.05, 4.69) is 49.5 Å². The van der Waals surface area contributed by atoms with Crippen LogP contribution in [0.1, 0.15) is 38.7 Å². The van der Waals surface area contributed by atoms with Crippen molar-refractivity contribution in [3.05, 3.63) is 47.5 Å². The average Bonchev–Trinajstić information content (AvgIpc) is 2.98. The summed E-state index contributed by atoms with van der Waals surface area (Å²) < 4.78 is 5.73. The molecule has 146 valence electrons. The van der Waals surface area contributed by atoms with Crippen LogP contribution in [0.25, 0.3) is 0 Å². The minimum atomic E-state index is -0.503. The number of rotatable bonds is 5. The number of quaternary nitrogens is 1. The molecule has 0 radical (unpaired) electrons. The Labute approximate surface area is 162 Å². The first kappa shape index (κ1) is 18.7. The molecule has 0 aromatic heterocycles. The number of aliphatic hydroxyl groups excluding tert-OH is 1.